The lowest BCUT2D eigenvalue weighted by atomic mass is 10.3. The van der Waals surface area contributed by atoms with Gasteiger partial charge in [0.05, 0.1) is 19.2 Å². The van der Waals surface area contributed by atoms with Crippen molar-refractivity contribution in [1.29, 1.82) is 0 Å². The number of hydrogen-bond acceptors (Lipinski definition) is 3. The molecule has 0 spiro atoms. The second-order valence-corrected chi connectivity index (χ2v) is 2.98. The Labute approximate surface area is 88.4 Å². The van der Waals surface area contributed by atoms with Gasteiger partial charge in [0.15, 0.2) is 0 Å². The minimum atomic E-state index is -4.92. The number of carbonyl (C=O) groups excluding carboxylic acids is 2. The second kappa shape index (κ2) is 4.38. The van der Waals surface area contributed by atoms with Crippen molar-refractivity contribution < 1.29 is 27.5 Å². The first-order chi connectivity index (χ1) is 7.34. The molecule has 0 bridgehead atoms. The Bertz CT molecular complexity index is 408. The van der Waals surface area contributed by atoms with Gasteiger partial charge in [0, 0.05) is 5.69 Å². The van der Waals surface area contributed by atoms with E-state index in [1.165, 1.54) is 6.07 Å². The lowest BCUT2D eigenvalue weighted by Gasteiger charge is -2.02. The van der Waals surface area contributed by atoms with Crippen LogP contribution in [0.15, 0.2) is 12.1 Å². The van der Waals surface area contributed by atoms with Crippen LogP contribution in [0, 0.1) is 0 Å². The average molecular weight is 235 g/mol. The standard InChI is InChI=1S/C9H8F3NO3/c1-16-7(14)4-5-2-3-6(13-5)8(15)9(10,11)12/h2-3,13H,4H2,1H3. The highest BCUT2D eigenvalue weighted by molar-refractivity contribution is 5.98. The van der Waals surface area contributed by atoms with Crippen molar-refractivity contribution in [1.82, 2.24) is 4.98 Å². The zero-order valence-corrected chi connectivity index (χ0v) is 8.22. The molecule has 0 atom stereocenters. The molecule has 1 aromatic heterocycles. The van der Waals surface area contributed by atoms with E-state index in [1.54, 1.807) is 0 Å². The maximum atomic E-state index is 12.0. The van der Waals surface area contributed by atoms with Crippen molar-refractivity contribution >= 4 is 11.8 Å². The topological polar surface area (TPSA) is 59.2 Å². The highest BCUT2D eigenvalue weighted by atomic mass is 19.4. The van der Waals surface area contributed by atoms with E-state index < -0.39 is 23.6 Å². The summed E-state index contributed by atoms with van der Waals surface area (Å²) in [6.45, 7) is 0. The third-order valence-electron chi connectivity index (χ3n) is 1.81. The monoisotopic (exact) mass is 235 g/mol. The first-order valence-corrected chi connectivity index (χ1v) is 4.21. The average Bonchev–Trinajstić information content (AvgIpc) is 2.63. The summed E-state index contributed by atoms with van der Waals surface area (Å²) in [5, 5.41) is 0. The molecular weight excluding hydrogens is 227 g/mol. The summed E-state index contributed by atoms with van der Waals surface area (Å²) in [6.07, 6.45) is -5.13. The van der Waals surface area contributed by atoms with E-state index in [-0.39, 0.29) is 12.1 Å². The molecule has 1 rings (SSSR count). The molecule has 0 saturated heterocycles. The number of halogens is 3. The molecule has 16 heavy (non-hydrogen) atoms. The number of aromatic amines is 1. The van der Waals surface area contributed by atoms with Gasteiger partial charge in [0.1, 0.15) is 0 Å². The number of methoxy groups -OCH3 is 1. The highest BCUT2D eigenvalue weighted by Gasteiger charge is 2.40. The molecule has 0 amide bonds. The van der Waals surface area contributed by atoms with E-state index in [0.29, 0.717) is 0 Å². The van der Waals surface area contributed by atoms with Crippen LogP contribution >= 0.6 is 0 Å². The summed E-state index contributed by atoms with van der Waals surface area (Å²) >= 11 is 0. The van der Waals surface area contributed by atoms with Gasteiger partial charge in [-0.1, -0.05) is 0 Å². The van der Waals surface area contributed by atoms with Crippen LogP contribution in [0.25, 0.3) is 0 Å². The third-order valence-corrected chi connectivity index (χ3v) is 1.81. The van der Waals surface area contributed by atoms with Gasteiger partial charge in [0.25, 0.3) is 5.78 Å². The normalized spacial score (nSPS) is 11.2. The van der Waals surface area contributed by atoms with Crippen molar-refractivity contribution in [3.05, 3.63) is 23.5 Å². The number of aromatic nitrogens is 1. The molecule has 1 aromatic rings. The molecular formula is C9H8F3NO3. The van der Waals surface area contributed by atoms with Gasteiger partial charge in [-0.2, -0.15) is 13.2 Å². The van der Waals surface area contributed by atoms with Crippen molar-refractivity contribution in [3.8, 4) is 0 Å². The van der Waals surface area contributed by atoms with Gasteiger partial charge in [-0.15, -0.1) is 0 Å². The van der Waals surface area contributed by atoms with Gasteiger partial charge in [-0.3, -0.25) is 9.59 Å². The van der Waals surface area contributed by atoms with Crippen molar-refractivity contribution in [2.75, 3.05) is 7.11 Å². The lowest BCUT2D eigenvalue weighted by Crippen LogP contribution is -2.23. The van der Waals surface area contributed by atoms with Crippen LogP contribution in [-0.4, -0.2) is 30.0 Å². The molecule has 1 N–H and O–H groups in total. The fourth-order valence-corrected chi connectivity index (χ4v) is 1.06. The van der Waals surface area contributed by atoms with Gasteiger partial charge < -0.3 is 9.72 Å². The van der Waals surface area contributed by atoms with Crippen LogP contribution in [0.4, 0.5) is 13.2 Å². The van der Waals surface area contributed by atoms with Gasteiger partial charge in [-0.05, 0) is 12.1 Å². The van der Waals surface area contributed by atoms with Crippen LogP contribution in [-0.2, 0) is 16.0 Å². The fraction of sp³-hybridized carbons (Fsp3) is 0.333. The minimum Gasteiger partial charge on any atom is -0.469 e. The van der Waals surface area contributed by atoms with Crippen molar-refractivity contribution in [2.24, 2.45) is 0 Å². The molecule has 0 aliphatic carbocycles. The summed E-state index contributed by atoms with van der Waals surface area (Å²) in [6, 6.07) is 2.21. The summed E-state index contributed by atoms with van der Waals surface area (Å²) in [5.74, 6) is -2.57. The quantitative estimate of drug-likeness (QED) is 0.637. The van der Waals surface area contributed by atoms with Crippen molar-refractivity contribution in [3.63, 3.8) is 0 Å². The van der Waals surface area contributed by atoms with Gasteiger partial charge in [0.2, 0.25) is 0 Å². The summed E-state index contributed by atoms with van der Waals surface area (Å²) in [4.78, 5) is 23.8. The molecule has 88 valence electrons. The number of H-pyrrole nitrogens is 1. The number of carbonyl (C=O) groups is 2. The van der Waals surface area contributed by atoms with Gasteiger partial charge >= 0.3 is 12.1 Å². The summed E-state index contributed by atoms with van der Waals surface area (Å²) in [7, 11) is 1.16. The largest absolute Gasteiger partial charge is 0.469 e. The molecule has 0 saturated carbocycles. The van der Waals surface area contributed by atoms with E-state index in [1.807, 2.05) is 0 Å². The number of ketones is 1. The van der Waals surface area contributed by atoms with E-state index in [0.717, 1.165) is 13.2 Å². The van der Waals surface area contributed by atoms with E-state index in [4.69, 9.17) is 0 Å². The summed E-state index contributed by atoms with van der Waals surface area (Å²) < 4.78 is 40.4. The molecule has 0 aliphatic heterocycles. The molecule has 1 heterocycles. The van der Waals surface area contributed by atoms with E-state index in [2.05, 4.69) is 9.72 Å². The first kappa shape index (κ1) is 12.3. The second-order valence-electron chi connectivity index (χ2n) is 2.98. The Hall–Kier alpha value is -1.79. The zero-order valence-electron chi connectivity index (χ0n) is 8.22. The third kappa shape index (κ3) is 2.85. The van der Waals surface area contributed by atoms with E-state index >= 15 is 0 Å². The molecule has 0 fully saturated rings. The Morgan fingerprint density at radius 2 is 2.00 bits per heavy atom. The predicted molar refractivity (Wildman–Crippen MR) is 46.9 cm³/mol. The lowest BCUT2D eigenvalue weighted by molar-refractivity contribution is -0.139. The number of rotatable bonds is 3. The maximum absolute atomic E-state index is 12.0. The first-order valence-electron chi connectivity index (χ1n) is 4.21. The molecule has 4 nitrogen and oxygen atoms in total. The number of hydrogen-bond donors (Lipinski definition) is 1. The number of Topliss-reactive ketones (excluding diaryl/α,β-unsaturated/α-hetero) is 1. The Morgan fingerprint density at radius 3 is 2.50 bits per heavy atom. The molecule has 0 aromatic carbocycles. The summed E-state index contributed by atoms with van der Waals surface area (Å²) in [5.41, 5.74) is -0.397. The Balaban J connectivity index is 2.80. The zero-order chi connectivity index (χ0) is 12.3. The number of ether oxygens (including phenoxy) is 1. The van der Waals surface area contributed by atoms with Crippen molar-refractivity contribution in [2.45, 2.75) is 12.6 Å². The van der Waals surface area contributed by atoms with E-state index in [9.17, 15) is 22.8 Å². The SMILES string of the molecule is COC(=O)Cc1ccc(C(=O)C(F)(F)F)[nH]1. The van der Waals surface area contributed by atoms with Crippen LogP contribution < -0.4 is 0 Å². The number of alkyl halides is 3. The highest BCUT2D eigenvalue weighted by Crippen LogP contribution is 2.21. The van der Waals surface area contributed by atoms with Crippen LogP contribution in [0.5, 0.6) is 0 Å². The Morgan fingerprint density at radius 1 is 1.38 bits per heavy atom. The fourth-order valence-electron chi connectivity index (χ4n) is 1.06. The predicted octanol–water partition coefficient (Wildman–Crippen LogP) is 1.48. The van der Waals surface area contributed by atoms with Crippen LogP contribution in [0.1, 0.15) is 16.2 Å². The number of esters is 1. The molecule has 0 unspecified atom stereocenters. The van der Waals surface area contributed by atoms with Crippen LogP contribution in [0.2, 0.25) is 0 Å². The van der Waals surface area contributed by atoms with Gasteiger partial charge in [-0.25, -0.2) is 0 Å². The number of nitrogens with one attached hydrogen (secondary N) is 1. The smallest absolute Gasteiger partial charge is 0.456 e. The van der Waals surface area contributed by atoms with Crippen LogP contribution in [0.3, 0.4) is 0 Å². The molecule has 0 radical (unpaired) electrons. The Kier molecular flexibility index (Phi) is 3.36. The molecule has 7 heteroatoms. The maximum Gasteiger partial charge on any atom is 0.456 e. The molecule has 0 aliphatic rings. The minimum absolute atomic E-state index is 0.194.